The highest BCUT2D eigenvalue weighted by Gasteiger charge is 2.09. The van der Waals surface area contributed by atoms with E-state index in [0.29, 0.717) is 11.8 Å². The topological polar surface area (TPSA) is 76.7 Å². The van der Waals surface area contributed by atoms with Crippen LogP contribution in [0.2, 0.25) is 0 Å². The van der Waals surface area contributed by atoms with Gasteiger partial charge >= 0.3 is 0 Å². The summed E-state index contributed by atoms with van der Waals surface area (Å²) in [6.45, 7) is 6.18. The van der Waals surface area contributed by atoms with Crippen molar-refractivity contribution in [2.45, 2.75) is 53.4 Å². The van der Waals surface area contributed by atoms with E-state index in [0.717, 1.165) is 0 Å². The van der Waals surface area contributed by atoms with Gasteiger partial charge in [-0.25, -0.2) is 0 Å². The number of rotatable bonds is 2. The number of nitrogens with one attached hydrogen (secondary N) is 1. The molecule has 0 radical (unpaired) electrons. The first kappa shape index (κ1) is 18.9. The van der Waals surface area contributed by atoms with Crippen LogP contribution in [0.5, 0.6) is 0 Å². The summed E-state index contributed by atoms with van der Waals surface area (Å²) in [6, 6.07) is 6.81. The first-order chi connectivity index (χ1) is 10.5. The first-order valence-electron chi connectivity index (χ1n) is 7.77. The van der Waals surface area contributed by atoms with Gasteiger partial charge in [0.15, 0.2) is 0 Å². The molecule has 0 bridgehead atoms. The number of nitrogen functional groups attached to an aromatic ring is 1. The Morgan fingerprint density at radius 2 is 1.78 bits per heavy atom. The van der Waals surface area contributed by atoms with Crippen LogP contribution in [0.3, 0.4) is 0 Å². The molecule has 5 heteroatoms. The number of nitrogens with two attached hydrogens (primary N) is 1. The molecule has 0 atom stereocenters. The highest BCUT2D eigenvalue weighted by Crippen LogP contribution is 2.22. The molecule has 5 nitrogen and oxygen atoms in total. The standard InChI is InChI=1S/C10H12.C7H13N5.CH4/c1-8-5-6-9-3-2-4-10(9)7-8;1-4(2)5-10-6(8)12-7(9-3)11-5;/h5-7H,2-4H2,1H3;4H,1-3H3,(H3,8,9,10,11,12);1H4. The fraction of sp³-hybridized carbons (Fsp3) is 0.500. The van der Waals surface area contributed by atoms with E-state index in [1.165, 1.54) is 24.8 Å². The summed E-state index contributed by atoms with van der Waals surface area (Å²) in [7, 11) is 1.75. The van der Waals surface area contributed by atoms with Crippen LogP contribution in [-0.2, 0) is 12.8 Å². The van der Waals surface area contributed by atoms with Crippen LogP contribution in [0.15, 0.2) is 18.2 Å². The third-order valence-corrected chi connectivity index (χ3v) is 3.66. The Kier molecular flexibility index (Phi) is 6.94. The normalized spacial score (nSPS) is 12.0. The number of aryl methyl sites for hydroxylation is 3. The molecule has 0 fully saturated rings. The molecule has 23 heavy (non-hydrogen) atoms. The average molecular weight is 315 g/mol. The molecule has 1 aromatic heterocycles. The zero-order chi connectivity index (χ0) is 16.1. The summed E-state index contributed by atoms with van der Waals surface area (Å²) < 4.78 is 0. The highest BCUT2D eigenvalue weighted by atomic mass is 15.2. The molecule has 1 aliphatic rings. The highest BCUT2D eigenvalue weighted by molar-refractivity contribution is 5.34. The molecule has 0 aliphatic heterocycles. The molecule has 0 unspecified atom stereocenters. The lowest BCUT2D eigenvalue weighted by Gasteiger charge is -2.05. The second-order valence-electron chi connectivity index (χ2n) is 5.91. The van der Waals surface area contributed by atoms with E-state index in [-0.39, 0.29) is 19.3 Å². The molecule has 3 rings (SSSR count). The van der Waals surface area contributed by atoms with Gasteiger partial charge < -0.3 is 11.1 Å². The number of hydrogen-bond acceptors (Lipinski definition) is 5. The van der Waals surface area contributed by atoms with Gasteiger partial charge in [-0.3, -0.25) is 0 Å². The van der Waals surface area contributed by atoms with Crippen molar-refractivity contribution in [1.82, 2.24) is 15.0 Å². The third-order valence-electron chi connectivity index (χ3n) is 3.66. The molecular weight excluding hydrogens is 286 g/mol. The van der Waals surface area contributed by atoms with Gasteiger partial charge in [0.2, 0.25) is 11.9 Å². The molecule has 3 N–H and O–H groups in total. The van der Waals surface area contributed by atoms with Gasteiger partial charge in [-0.1, -0.05) is 45.0 Å². The van der Waals surface area contributed by atoms with E-state index < -0.39 is 0 Å². The second kappa shape index (κ2) is 8.46. The van der Waals surface area contributed by atoms with Crippen LogP contribution in [0.1, 0.15) is 56.1 Å². The Labute approximate surface area is 139 Å². The number of benzene rings is 1. The monoisotopic (exact) mass is 315 g/mol. The van der Waals surface area contributed by atoms with Crippen molar-refractivity contribution < 1.29 is 0 Å². The van der Waals surface area contributed by atoms with Crippen LogP contribution < -0.4 is 11.1 Å². The van der Waals surface area contributed by atoms with Crippen molar-refractivity contribution in [2.75, 3.05) is 18.1 Å². The predicted octanol–water partition coefficient (Wildman–Crippen LogP) is 3.74. The number of hydrogen-bond donors (Lipinski definition) is 2. The molecule has 126 valence electrons. The van der Waals surface area contributed by atoms with Crippen molar-refractivity contribution in [3.05, 3.63) is 40.7 Å². The van der Waals surface area contributed by atoms with E-state index in [4.69, 9.17) is 5.73 Å². The lowest BCUT2D eigenvalue weighted by atomic mass is 10.1. The summed E-state index contributed by atoms with van der Waals surface area (Å²) in [5, 5.41) is 2.82. The number of anilines is 2. The Morgan fingerprint density at radius 3 is 2.43 bits per heavy atom. The van der Waals surface area contributed by atoms with Gasteiger partial charge in [-0.05, 0) is 37.3 Å². The van der Waals surface area contributed by atoms with Gasteiger partial charge in [0.25, 0.3) is 0 Å². The van der Waals surface area contributed by atoms with Gasteiger partial charge in [-0.15, -0.1) is 0 Å². The molecule has 1 aliphatic carbocycles. The number of nitrogens with zero attached hydrogens (tertiary/aromatic N) is 3. The largest absolute Gasteiger partial charge is 0.368 e. The second-order valence-corrected chi connectivity index (χ2v) is 5.91. The zero-order valence-corrected chi connectivity index (χ0v) is 13.8. The van der Waals surface area contributed by atoms with E-state index in [1.807, 2.05) is 13.8 Å². The number of fused-ring (bicyclic) bond motifs is 1. The smallest absolute Gasteiger partial charge is 0.227 e. The summed E-state index contributed by atoms with van der Waals surface area (Å²) in [6.07, 6.45) is 3.96. The summed E-state index contributed by atoms with van der Waals surface area (Å²) >= 11 is 0. The predicted molar refractivity (Wildman–Crippen MR) is 97.8 cm³/mol. The van der Waals surface area contributed by atoms with Gasteiger partial charge in [-0.2, -0.15) is 15.0 Å². The molecule has 1 heterocycles. The minimum atomic E-state index is 0. The number of aromatic nitrogens is 3. The van der Waals surface area contributed by atoms with E-state index in [9.17, 15) is 0 Å². The minimum absolute atomic E-state index is 0. The fourth-order valence-electron chi connectivity index (χ4n) is 2.48. The zero-order valence-electron chi connectivity index (χ0n) is 13.8. The molecule has 2 aromatic rings. The lowest BCUT2D eigenvalue weighted by molar-refractivity contribution is 0.767. The third kappa shape index (κ3) is 5.20. The molecular formula is C18H29N5. The Balaban J connectivity index is 0.000000223. The SMILES string of the molecule is C.CNc1nc(N)nc(C(C)C)n1.Cc1ccc2c(c1)CCC2. The molecule has 0 saturated heterocycles. The Morgan fingerprint density at radius 1 is 1.09 bits per heavy atom. The maximum absolute atomic E-state index is 5.47. The molecule has 0 amide bonds. The van der Waals surface area contributed by atoms with Crippen LogP contribution >= 0.6 is 0 Å². The minimum Gasteiger partial charge on any atom is -0.368 e. The Hall–Kier alpha value is -2.17. The van der Waals surface area contributed by atoms with Crippen molar-refractivity contribution in [1.29, 1.82) is 0 Å². The van der Waals surface area contributed by atoms with Gasteiger partial charge in [0.05, 0.1) is 0 Å². The van der Waals surface area contributed by atoms with Crippen LogP contribution in [0.25, 0.3) is 0 Å². The molecule has 1 aromatic carbocycles. The fourth-order valence-corrected chi connectivity index (χ4v) is 2.48. The van der Waals surface area contributed by atoms with E-state index >= 15 is 0 Å². The van der Waals surface area contributed by atoms with Crippen molar-refractivity contribution >= 4 is 11.9 Å². The van der Waals surface area contributed by atoms with E-state index in [1.54, 1.807) is 18.2 Å². The van der Waals surface area contributed by atoms with Crippen molar-refractivity contribution in [3.8, 4) is 0 Å². The van der Waals surface area contributed by atoms with Crippen molar-refractivity contribution in [3.63, 3.8) is 0 Å². The van der Waals surface area contributed by atoms with Gasteiger partial charge in [0.1, 0.15) is 5.82 Å². The molecule has 0 saturated carbocycles. The average Bonchev–Trinajstić information content (AvgIpc) is 2.94. The summed E-state index contributed by atoms with van der Waals surface area (Å²) in [4.78, 5) is 12.0. The maximum atomic E-state index is 5.47. The molecule has 0 spiro atoms. The van der Waals surface area contributed by atoms with Crippen molar-refractivity contribution in [2.24, 2.45) is 0 Å². The Bertz CT molecular complexity index is 637. The summed E-state index contributed by atoms with van der Waals surface area (Å²) in [5.41, 5.74) is 10.0. The van der Waals surface area contributed by atoms with Crippen LogP contribution in [0, 0.1) is 6.92 Å². The lowest BCUT2D eigenvalue weighted by Crippen LogP contribution is -2.07. The maximum Gasteiger partial charge on any atom is 0.227 e. The summed E-state index contributed by atoms with van der Waals surface area (Å²) in [5.74, 6) is 1.76. The first-order valence-corrected chi connectivity index (χ1v) is 7.77. The van der Waals surface area contributed by atoms with Gasteiger partial charge in [0, 0.05) is 13.0 Å². The van der Waals surface area contributed by atoms with Crippen LogP contribution in [-0.4, -0.2) is 22.0 Å². The van der Waals surface area contributed by atoms with Crippen LogP contribution in [0.4, 0.5) is 11.9 Å². The van der Waals surface area contributed by atoms with E-state index in [2.05, 4.69) is 45.4 Å². The quantitative estimate of drug-likeness (QED) is 0.883.